The highest BCUT2D eigenvalue weighted by atomic mass is 19.1. The number of nitrogens with zero attached hydrogens (tertiary/aromatic N) is 3. The summed E-state index contributed by atoms with van der Waals surface area (Å²) in [6.45, 7) is 6.85. The number of rotatable bonds is 5. The van der Waals surface area contributed by atoms with Crippen molar-refractivity contribution in [3.05, 3.63) is 42.0 Å². The van der Waals surface area contributed by atoms with Crippen LogP contribution in [0.25, 0.3) is 17.3 Å². The molecule has 0 aliphatic carbocycles. The van der Waals surface area contributed by atoms with Crippen LogP contribution < -0.4 is 0 Å². The average Bonchev–Trinajstić information content (AvgIpc) is 3.07. The fourth-order valence-electron chi connectivity index (χ4n) is 2.63. The van der Waals surface area contributed by atoms with Gasteiger partial charge in [-0.3, -0.25) is 9.67 Å². The normalized spacial score (nSPS) is 19.2. The van der Waals surface area contributed by atoms with Crippen LogP contribution in [0.15, 0.2) is 36.3 Å². The first-order valence-electron chi connectivity index (χ1n) is 8.50. The summed E-state index contributed by atoms with van der Waals surface area (Å²) >= 11 is 0. The predicted octanol–water partition coefficient (Wildman–Crippen LogP) is 3.86. The van der Waals surface area contributed by atoms with E-state index >= 15 is 0 Å². The fraction of sp³-hybridized carbons (Fsp3) is 0.444. The Hall–Kier alpha value is -2.06. The molecule has 0 unspecified atom stereocenters. The van der Waals surface area contributed by atoms with Gasteiger partial charge >= 0.3 is 7.12 Å². The van der Waals surface area contributed by atoms with Gasteiger partial charge in [0.2, 0.25) is 0 Å². The monoisotopic (exact) mass is 361 g/mol. The molecule has 138 valence electrons. The zero-order valence-electron chi connectivity index (χ0n) is 15.4. The van der Waals surface area contributed by atoms with Crippen LogP contribution in [0.1, 0.15) is 33.4 Å². The van der Waals surface area contributed by atoms with E-state index in [1.165, 1.54) is 10.8 Å². The van der Waals surface area contributed by atoms with Crippen molar-refractivity contribution >= 4 is 13.2 Å². The molecule has 0 aromatic carbocycles. The Morgan fingerprint density at radius 3 is 2.54 bits per heavy atom. The van der Waals surface area contributed by atoms with E-state index in [4.69, 9.17) is 9.31 Å². The number of halogens is 2. The van der Waals surface area contributed by atoms with Crippen molar-refractivity contribution in [1.29, 1.82) is 0 Å². The van der Waals surface area contributed by atoms with E-state index in [9.17, 15) is 8.78 Å². The van der Waals surface area contributed by atoms with E-state index in [1.54, 1.807) is 24.5 Å². The maximum Gasteiger partial charge on any atom is 0.525 e. The molecular weight excluding hydrogens is 339 g/mol. The topological polar surface area (TPSA) is 49.2 Å². The molecule has 3 rings (SSSR count). The van der Waals surface area contributed by atoms with Crippen molar-refractivity contribution in [2.75, 3.05) is 6.67 Å². The molecule has 0 amide bonds. The average molecular weight is 361 g/mol. The minimum Gasteiger partial charge on any atom is -0.398 e. The number of aromatic nitrogens is 3. The Morgan fingerprint density at radius 1 is 1.27 bits per heavy atom. The van der Waals surface area contributed by atoms with Crippen molar-refractivity contribution in [3.8, 4) is 11.3 Å². The lowest BCUT2D eigenvalue weighted by molar-refractivity contribution is 0.00578. The summed E-state index contributed by atoms with van der Waals surface area (Å²) in [5, 5.41) is 4.35. The molecule has 0 atom stereocenters. The second-order valence-electron chi connectivity index (χ2n) is 7.23. The Bertz CT molecular complexity index is 790. The van der Waals surface area contributed by atoms with Gasteiger partial charge < -0.3 is 9.31 Å². The fourth-order valence-corrected chi connectivity index (χ4v) is 2.63. The maximum atomic E-state index is 14.8. The van der Waals surface area contributed by atoms with E-state index in [0.29, 0.717) is 11.4 Å². The number of alkyl halides is 1. The molecule has 1 fully saturated rings. The molecule has 2 aromatic rings. The molecule has 1 aliphatic heterocycles. The molecule has 0 N–H and O–H groups in total. The maximum absolute atomic E-state index is 14.8. The molecule has 1 saturated heterocycles. The number of pyridine rings is 1. The Balaban J connectivity index is 1.91. The summed E-state index contributed by atoms with van der Waals surface area (Å²) < 4.78 is 40.5. The lowest BCUT2D eigenvalue weighted by atomic mass is 9.87. The lowest BCUT2D eigenvalue weighted by Crippen LogP contribution is -2.41. The van der Waals surface area contributed by atoms with Crippen molar-refractivity contribution in [2.45, 2.75) is 45.4 Å². The van der Waals surface area contributed by atoms with E-state index in [1.807, 2.05) is 33.8 Å². The zero-order chi connectivity index (χ0) is 18.9. The molecule has 0 spiro atoms. The summed E-state index contributed by atoms with van der Waals surface area (Å²) in [6.07, 6.45) is 4.59. The third kappa shape index (κ3) is 3.57. The zero-order valence-corrected chi connectivity index (χ0v) is 15.4. The molecule has 5 nitrogen and oxygen atoms in total. The number of aryl methyl sites for hydroxylation is 1. The highest BCUT2D eigenvalue weighted by Gasteiger charge is 2.53. The largest absolute Gasteiger partial charge is 0.525 e. The van der Waals surface area contributed by atoms with Crippen LogP contribution >= 0.6 is 0 Å². The van der Waals surface area contributed by atoms with Gasteiger partial charge in [0.05, 0.1) is 29.1 Å². The summed E-state index contributed by atoms with van der Waals surface area (Å²) in [4.78, 5) is 4.05. The van der Waals surface area contributed by atoms with Gasteiger partial charge in [-0.1, -0.05) is 0 Å². The summed E-state index contributed by atoms with van der Waals surface area (Å²) in [5.41, 5.74) is -0.0448. The van der Waals surface area contributed by atoms with Crippen molar-refractivity contribution in [2.24, 2.45) is 0 Å². The first-order valence-corrected chi connectivity index (χ1v) is 8.50. The third-order valence-electron chi connectivity index (χ3n) is 4.83. The van der Waals surface area contributed by atoms with Gasteiger partial charge in [-0.05, 0) is 52.0 Å². The molecule has 26 heavy (non-hydrogen) atoms. The molecule has 3 heterocycles. The van der Waals surface area contributed by atoms with Gasteiger partial charge in [0.25, 0.3) is 0 Å². The van der Waals surface area contributed by atoms with Gasteiger partial charge in [0.1, 0.15) is 12.4 Å². The molecule has 8 heteroatoms. The Kier molecular flexibility index (Phi) is 4.99. The molecule has 0 bridgehead atoms. The Labute approximate surface area is 152 Å². The molecule has 0 saturated carbocycles. The smallest absolute Gasteiger partial charge is 0.398 e. The summed E-state index contributed by atoms with van der Waals surface area (Å²) in [7, 11) is -1.10. The summed E-state index contributed by atoms with van der Waals surface area (Å²) in [6, 6.07) is 5.31. The second kappa shape index (κ2) is 6.93. The molecule has 0 radical (unpaired) electrons. The van der Waals surface area contributed by atoms with Gasteiger partial charge in [0.15, 0.2) is 0 Å². The quantitative estimate of drug-likeness (QED) is 0.759. The Morgan fingerprint density at radius 2 is 1.96 bits per heavy atom. The van der Waals surface area contributed by atoms with Gasteiger partial charge in [-0.15, -0.1) is 0 Å². The van der Waals surface area contributed by atoms with Crippen LogP contribution in [-0.2, 0) is 15.9 Å². The van der Waals surface area contributed by atoms with Crippen LogP contribution in [0.4, 0.5) is 8.78 Å². The summed E-state index contributed by atoms with van der Waals surface area (Å²) in [5.74, 6) is 0. The minimum atomic E-state index is -1.10. The first kappa shape index (κ1) is 18.7. The number of hydrogen-bond donors (Lipinski definition) is 0. The van der Waals surface area contributed by atoms with E-state index in [-0.39, 0.29) is 6.54 Å². The SMILES string of the molecule is CC1(C)OB(C(F)=Cc2cc(-c3cccnc3)nn2CCF)OC1(C)C. The van der Waals surface area contributed by atoms with Gasteiger partial charge in [0, 0.05) is 18.0 Å². The highest BCUT2D eigenvalue weighted by molar-refractivity contribution is 6.54. The third-order valence-corrected chi connectivity index (χ3v) is 4.83. The van der Waals surface area contributed by atoms with E-state index in [0.717, 1.165) is 5.56 Å². The first-order chi connectivity index (χ1) is 12.2. The van der Waals surface area contributed by atoms with Crippen LogP contribution in [0, 0.1) is 0 Å². The van der Waals surface area contributed by atoms with Crippen molar-refractivity contribution in [3.63, 3.8) is 0 Å². The van der Waals surface area contributed by atoms with E-state index in [2.05, 4.69) is 10.1 Å². The van der Waals surface area contributed by atoms with Crippen LogP contribution in [0.3, 0.4) is 0 Å². The highest BCUT2D eigenvalue weighted by Crippen LogP contribution is 2.39. The van der Waals surface area contributed by atoms with Crippen molar-refractivity contribution < 1.29 is 18.1 Å². The van der Waals surface area contributed by atoms with Gasteiger partial charge in [-0.2, -0.15) is 5.10 Å². The molecule has 1 aliphatic rings. The van der Waals surface area contributed by atoms with Crippen LogP contribution in [0.5, 0.6) is 0 Å². The van der Waals surface area contributed by atoms with Gasteiger partial charge in [-0.25, -0.2) is 8.78 Å². The molecule has 2 aromatic heterocycles. The minimum absolute atomic E-state index is 0.0305. The standard InChI is InChI=1S/C18H22BF2N3O2/c1-17(2)18(3,4)26-19(25-17)16(21)11-14-10-15(23-24(14)9-7-20)13-6-5-8-22-12-13/h5-6,8,10-12H,7,9H2,1-4H3. The lowest BCUT2D eigenvalue weighted by Gasteiger charge is -2.32. The predicted molar refractivity (Wildman–Crippen MR) is 96.6 cm³/mol. The molecular formula is C18H22BF2N3O2. The van der Waals surface area contributed by atoms with Crippen molar-refractivity contribution in [1.82, 2.24) is 14.8 Å². The van der Waals surface area contributed by atoms with E-state index < -0.39 is 30.7 Å². The van der Waals surface area contributed by atoms with Crippen LogP contribution in [-0.4, -0.2) is 39.8 Å². The second-order valence-corrected chi connectivity index (χ2v) is 7.23. The number of hydrogen-bond acceptors (Lipinski definition) is 4. The van der Waals surface area contributed by atoms with Crippen LogP contribution in [0.2, 0.25) is 0 Å².